The van der Waals surface area contributed by atoms with Crippen LogP contribution in [-0.4, -0.2) is 71.3 Å². The SMILES string of the molecule is CN(C1CCCC1)S(=O)(=O)NC[C@H]1CN(S(=O)(=O)c2ccc(F)cc2)c2cc(NC(=O)OC(C)(C)C(F)(F)F)ccc2O1. The van der Waals surface area contributed by atoms with Gasteiger partial charge in [0.2, 0.25) is 5.60 Å². The third kappa shape index (κ3) is 7.33. The number of amides is 1. The van der Waals surface area contributed by atoms with E-state index in [0.29, 0.717) is 13.8 Å². The van der Waals surface area contributed by atoms with Gasteiger partial charge in [-0.1, -0.05) is 12.8 Å². The number of alkyl halides is 3. The largest absolute Gasteiger partial charge is 0.485 e. The fourth-order valence-electron chi connectivity index (χ4n) is 4.65. The zero-order valence-electron chi connectivity index (χ0n) is 23.5. The van der Waals surface area contributed by atoms with Gasteiger partial charge < -0.3 is 9.47 Å². The van der Waals surface area contributed by atoms with Gasteiger partial charge in [0, 0.05) is 18.8 Å². The van der Waals surface area contributed by atoms with Crippen molar-refractivity contribution < 1.29 is 48.7 Å². The van der Waals surface area contributed by atoms with Crippen LogP contribution in [0.3, 0.4) is 0 Å². The molecule has 0 unspecified atom stereocenters. The van der Waals surface area contributed by atoms with Gasteiger partial charge in [0.25, 0.3) is 20.2 Å². The molecule has 1 atom stereocenters. The lowest BCUT2D eigenvalue weighted by Crippen LogP contribution is -2.51. The van der Waals surface area contributed by atoms with E-state index in [2.05, 4.69) is 14.8 Å². The maximum Gasteiger partial charge on any atom is 0.427 e. The van der Waals surface area contributed by atoms with Gasteiger partial charge in [-0.25, -0.2) is 17.6 Å². The summed E-state index contributed by atoms with van der Waals surface area (Å²) in [6.45, 7) is 0.652. The first-order valence-corrected chi connectivity index (χ1v) is 16.2. The molecule has 4 rings (SSSR count). The fraction of sp³-hybridized carbons (Fsp3) is 0.500. The van der Waals surface area contributed by atoms with Crippen molar-refractivity contribution >= 4 is 37.7 Å². The van der Waals surface area contributed by atoms with Gasteiger partial charge in [0.05, 0.1) is 23.7 Å². The summed E-state index contributed by atoms with van der Waals surface area (Å²) in [6, 6.07) is 7.54. The Morgan fingerprint density at radius 1 is 1.07 bits per heavy atom. The summed E-state index contributed by atoms with van der Waals surface area (Å²) in [5.74, 6) is -0.688. The monoisotopic (exact) mass is 652 g/mol. The Labute approximate surface area is 247 Å². The molecule has 2 N–H and O–H groups in total. The molecular weight excluding hydrogens is 620 g/mol. The van der Waals surface area contributed by atoms with E-state index in [0.717, 1.165) is 60.3 Å². The van der Waals surface area contributed by atoms with Crippen LogP contribution in [0, 0.1) is 5.82 Å². The predicted molar refractivity (Wildman–Crippen MR) is 149 cm³/mol. The second-order valence-corrected chi connectivity index (χ2v) is 14.4. The Kier molecular flexibility index (Phi) is 9.21. The Morgan fingerprint density at radius 3 is 2.30 bits per heavy atom. The summed E-state index contributed by atoms with van der Waals surface area (Å²) < 4.78 is 121. The van der Waals surface area contributed by atoms with E-state index < -0.39 is 56.6 Å². The molecular formula is C26H32F4N4O7S2. The van der Waals surface area contributed by atoms with Gasteiger partial charge in [0.15, 0.2) is 0 Å². The molecule has 0 aromatic heterocycles. The van der Waals surface area contributed by atoms with Crippen molar-refractivity contribution in [1.82, 2.24) is 9.03 Å². The van der Waals surface area contributed by atoms with Crippen LogP contribution in [0.5, 0.6) is 5.75 Å². The lowest BCUT2D eigenvalue weighted by Gasteiger charge is -2.36. The number of nitrogens with zero attached hydrogens (tertiary/aromatic N) is 2. The van der Waals surface area contributed by atoms with Crippen molar-refractivity contribution in [2.24, 2.45) is 0 Å². The van der Waals surface area contributed by atoms with Crippen molar-refractivity contribution in [3.05, 3.63) is 48.3 Å². The third-order valence-corrected chi connectivity index (χ3v) is 10.7. The van der Waals surface area contributed by atoms with Gasteiger partial charge in [-0.05, 0) is 69.2 Å². The molecule has 0 spiro atoms. The van der Waals surface area contributed by atoms with Crippen molar-refractivity contribution in [3.8, 4) is 5.75 Å². The number of sulfonamides is 1. The first-order chi connectivity index (χ1) is 19.9. The highest BCUT2D eigenvalue weighted by Crippen LogP contribution is 2.39. The second kappa shape index (κ2) is 12.1. The van der Waals surface area contributed by atoms with Crippen molar-refractivity contribution in [2.75, 3.05) is 29.8 Å². The van der Waals surface area contributed by atoms with Gasteiger partial charge in [-0.2, -0.15) is 30.6 Å². The van der Waals surface area contributed by atoms with E-state index in [1.54, 1.807) is 0 Å². The first-order valence-electron chi connectivity index (χ1n) is 13.3. The molecule has 0 saturated heterocycles. The molecule has 43 heavy (non-hydrogen) atoms. The molecule has 1 amide bonds. The number of carbonyl (C=O) groups is 1. The maximum atomic E-state index is 13.7. The average Bonchev–Trinajstić information content (AvgIpc) is 3.45. The van der Waals surface area contributed by atoms with Crippen molar-refractivity contribution in [2.45, 2.75) is 68.3 Å². The summed E-state index contributed by atoms with van der Waals surface area (Å²) in [4.78, 5) is 12.0. The number of benzene rings is 2. The Balaban J connectivity index is 1.61. The van der Waals surface area contributed by atoms with E-state index in [-0.39, 0.29) is 34.6 Å². The van der Waals surface area contributed by atoms with E-state index in [1.807, 2.05) is 0 Å². The van der Waals surface area contributed by atoms with Crippen LogP contribution in [0.25, 0.3) is 0 Å². The summed E-state index contributed by atoms with van der Waals surface area (Å²) in [7, 11) is -6.85. The molecule has 1 aliphatic heterocycles. The third-order valence-electron chi connectivity index (χ3n) is 7.28. The average molecular weight is 653 g/mol. The van der Waals surface area contributed by atoms with Crippen LogP contribution in [0.1, 0.15) is 39.5 Å². The minimum Gasteiger partial charge on any atom is -0.485 e. The Morgan fingerprint density at radius 2 is 1.70 bits per heavy atom. The molecule has 11 nitrogen and oxygen atoms in total. The Hall–Kier alpha value is -3.15. The van der Waals surface area contributed by atoms with Gasteiger partial charge in [0.1, 0.15) is 17.7 Å². The molecule has 2 aromatic rings. The van der Waals surface area contributed by atoms with Gasteiger partial charge in [-0.15, -0.1) is 0 Å². The maximum absolute atomic E-state index is 13.7. The standard InChI is InChI=1S/C26H32F4N4O7S2/c1-25(2,26(28,29)30)41-24(35)32-18-10-13-23-22(14-18)34(42(36,37)21-11-8-17(27)9-12-21)16-20(40-23)15-31-43(38,39)33(3)19-6-4-5-7-19/h8-14,19-20,31H,4-7,15-16H2,1-3H3,(H,32,35)/t20-/m0/s1. The number of anilines is 2. The lowest BCUT2D eigenvalue weighted by molar-refractivity contribution is -0.242. The Bertz CT molecular complexity index is 1550. The summed E-state index contributed by atoms with van der Waals surface area (Å²) in [5, 5.41) is 2.15. The zero-order chi connectivity index (χ0) is 31.8. The quantitative estimate of drug-likeness (QED) is 0.384. The lowest BCUT2D eigenvalue weighted by atomic mass is 10.1. The number of fused-ring (bicyclic) bond motifs is 1. The highest BCUT2D eigenvalue weighted by molar-refractivity contribution is 7.92. The fourth-order valence-corrected chi connectivity index (χ4v) is 7.36. The van der Waals surface area contributed by atoms with Gasteiger partial charge >= 0.3 is 12.3 Å². The number of hydrogen-bond acceptors (Lipinski definition) is 7. The molecule has 238 valence electrons. The molecule has 1 fully saturated rings. The highest BCUT2D eigenvalue weighted by atomic mass is 32.2. The molecule has 1 saturated carbocycles. The van der Waals surface area contributed by atoms with Crippen LogP contribution < -0.4 is 19.1 Å². The summed E-state index contributed by atoms with van der Waals surface area (Å²) >= 11 is 0. The molecule has 2 aliphatic rings. The van der Waals surface area contributed by atoms with Crippen LogP contribution >= 0.6 is 0 Å². The smallest absolute Gasteiger partial charge is 0.427 e. The van der Waals surface area contributed by atoms with Crippen LogP contribution in [0.15, 0.2) is 47.4 Å². The van der Waals surface area contributed by atoms with E-state index in [1.165, 1.54) is 23.5 Å². The molecule has 0 bridgehead atoms. The van der Waals surface area contributed by atoms with Crippen molar-refractivity contribution in [3.63, 3.8) is 0 Å². The first kappa shape index (κ1) is 32.8. The number of ether oxygens (including phenoxy) is 2. The van der Waals surface area contributed by atoms with E-state index in [4.69, 9.17) is 4.74 Å². The molecule has 1 heterocycles. The van der Waals surface area contributed by atoms with Gasteiger partial charge in [-0.3, -0.25) is 9.62 Å². The van der Waals surface area contributed by atoms with Crippen LogP contribution in [-0.2, 0) is 25.0 Å². The topological polar surface area (TPSA) is 134 Å². The number of rotatable bonds is 9. The normalized spacial score (nSPS) is 18.3. The highest BCUT2D eigenvalue weighted by Gasteiger charge is 2.51. The van der Waals surface area contributed by atoms with Crippen molar-refractivity contribution in [1.29, 1.82) is 0 Å². The summed E-state index contributed by atoms with van der Waals surface area (Å²) in [5.41, 5.74) is -3.01. The van der Waals surface area contributed by atoms with Crippen LogP contribution in [0.4, 0.5) is 33.7 Å². The molecule has 17 heteroatoms. The number of carbonyl (C=O) groups excluding carboxylic acids is 1. The molecule has 0 radical (unpaired) electrons. The molecule has 1 aliphatic carbocycles. The number of halogens is 4. The van der Waals surface area contributed by atoms with E-state index in [9.17, 15) is 39.2 Å². The minimum absolute atomic E-state index is 0.0141. The minimum atomic E-state index is -4.85. The van der Waals surface area contributed by atoms with Crippen LogP contribution in [0.2, 0.25) is 0 Å². The zero-order valence-corrected chi connectivity index (χ0v) is 25.2. The number of hydrogen-bond donors (Lipinski definition) is 2. The second-order valence-electron chi connectivity index (χ2n) is 10.7. The molecule has 2 aromatic carbocycles. The predicted octanol–water partition coefficient (Wildman–Crippen LogP) is 4.38. The number of nitrogens with one attached hydrogen (secondary N) is 2. The van der Waals surface area contributed by atoms with E-state index >= 15 is 0 Å². The summed E-state index contributed by atoms with van der Waals surface area (Å²) in [6.07, 6.45) is -4.01.